The fraction of sp³-hybridized carbons (Fsp3) is 0.615. The predicted molar refractivity (Wildman–Crippen MR) is 64.8 cm³/mol. The summed E-state index contributed by atoms with van der Waals surface area (Å²) in [6, 6.07) is 0. The van der Waals surface area contributed by atoms with Crippen LogP contribution < -0.4 is 5.32 Å². The lowest BCUT2D eigenvalue weighted by molar-refractivity contribution is -0.114. The molecule has 1 fully saturated rings. The third-order valence-electron chi connectivity index (χ3n) is 4.44. The lowest BCUT2D eigenvalue weighted by Crippen LogP contribution is -2.13. The molecule has 90 valence electrons. The first-order chi connectivity index (χ1) is 7.93. The van der Waals surface area contributed by atoms with Crippen molar-refractivity contribution in [2.24, 2.45) is 11.3 Å². The van der Waals surface area contributed by atoms with E-state index in [1.165, 1.54) is 12.5 Å². The summed E-state index contributed by atoms with van der Waals surface area (Å²) in [5.41, 5.74) is 3.95. The van der Waals surface area contributed by atoms with E-state index in [0.29, 0.717) is 17.2 Å². The Hall–Kier alpha value is -1.45. The minimum Gasteiger partial charge on any atom is -0.309 e. The van der Waals surface area contributed by atoms with Gasteiger partial charge >= 0.3 is 0 Å². The quantitative estimate of drug-likeness (QED) is 0.804. The molecule has 4 heteroatoms. The van der Waals surface area contributed by atoms with Crippen LogP contribution >= 0.6 is 0 Å². The molecule has 3 rings (SSSR count). The Labute approximate surface area is 101 Å². The van der Waals surface area contributed by atoms with Crippen LogP contribution in [0.3, 0.4) is 0 Å². The van der Waals surface area contributed by atoms with Gasteiger partial charge in [0.15, 0.2) is 5.82 Å². The molecular formula is C13H17N3O. The van der Waals surface area contributed by atoms with Gasteiger partial charge in [-0.3, -0.25) is 4.79 Å². The van der Waals surface area contributed by atoms with Gasteiger partial charge in [0.1, 0.15) is 0 Å². The van der Waals surface area contributed by atoms with E-state index in [-0.39, 0.29) is 5.91 Å². The van der Waals surface area contributed by atoms with Crippen molar-refractivity contribution >= 4 is 11.7 Å². The van der Waals surface area contributed by atoms with Gasteiger partial charge in [-0.2, -0.15) is 5.10 Å². The molecule has 4 nitrogen and oxygen atoms in total. The van der Waals surface area contributed by atoms with E-state index < -0.39 is 0 Å². The highest BCUT2D eigenvalue weighted by molar-refractivity contribution is 5.88. The average Bonchev–Trinajstić information content (AvgIpc) is 2.61. The highest BCUT2D eigenvalue weighted by atomic mass is 16.1. The molecular weight excluding hydrogens is 214 g/mol. The monoisotopic (exact) mass is 231 g/mol. The van der Waals surface area contributed by atoms with Crippen LogP contribution in [0.5, 0.6) is 0 Å². The smallest absolute Gasteiger partial charge is 0.222 e. The van der Waals surface area contributed by atoms with Gasteiger partial charge in [0, 0.05) is 12.8 Å². The number of anilines is 1. The molecule has 0 aromatic carbocycles. The fourth-order valence-electron chi connectivity index (χ4n) is 3.26. The molecule has 2 aliphatic rings. The third kappa shape index (κ3) is 1.33. The second kappa shape index (κ2) is 3.06. The second-order valence-electron chi connectivity index (χ2n) is 5.83. The summed E-state index contributed by atoms with van der Waals surface area (Å²) in [7, 11) is 0. The first kappa shape index (κ1) is 10.7. The van der Waals surface area contributed by atoms with Gasteiger partial charge in [0.05, 0.1) is 5.69 Å². The van der Waals surface area contributed by atoms with Crippen LogP contribution in [0.4, 0.5) is 5.82 Å². The summed E-state index contributed by atoms with van der Waals surface area (Å²) in [6.45, 7) is 8.11. The van der Waals surface area contributed by atoms with Crippen molar-refractivity contribution in [3.63, 3.8) is 0 Å². The number of hydrogen-bond acceptors (Lipinski definition) is 3. The predicted octanol–water partition coefficient (Wildman–Crippen LogP) is 2.04. The van der Waals surface area contributed by atoms with E-state index in [2.05, 4.69) is 29.4 Å². The van der Waals surface area contributed by atoms with E-state index in [1.807, 2.05) is 6.92 Å². The van der Waals surface area contributed by atoms with Crippen molar-refractivity contribution in [3.05, 3.63) is 16.8 Å². The van der Waals surface area contributed by atoms with Crippen molar-refractivity contribution in [2.45, 2.75) is 40.0 Å². The number of carbonyl (C=O) groups is 1. The Morgan fingerprint density at radius 1 is 1.41 bits per heavy atom. The van der Waals surface area contributed by atoms with Gasteiger partial charge in [-0.25, -0.2) is 0 Å². The minimum atomic E-state index is -0.0918. The number of aromatic nitrogens is 2. The summed E-state index contributed by atoms with van der Waals surface area (Å²) in [5, 5.41) is 11.2. The molecule has 0 bridgehead atoms. The summed E-state index contributed by atoms with van der Waals surface area (Å²) >= 11 is 0. The molecule has 1 amide bonds. The summed E-state index contributed by atoms with van der Waals surface area (Å²) < 4.78 is 0. The van der Waals surface area contributed by atoms with Crippen molar-refractivity contribution < 1.29 is 4.79 Å². The van der Waals surface area contributed by atoms with Gasteiger partial charge in [0.25, 0.3) is 0 Å². The molecule has 0 radical (unpaired) electrons. The maximum absolute atomic E-state index is 11.1. The van der Waals surface area contributed by atoms with Gasteiger partial charge in [-0.15, -0.1) is 5.10 Å². The summed E-state index contributed by atoms with van der Waals surface area (Å²) in [6.07, 6.45) is 1.08. The third-order valence-corrected chi connectivity index (χ3v) is 4.44. The first-order valence-corrected chi connectivity index (χ1v) is 6.06. The highest BCUT2D eigenvalue weighted by Gasteiger charge is 2.63. The van der Waals surface area contributed by atoms with Crippen LogP contribution in [-0.2, 0) is 11.2 Å². The number of nitrogens with one attached hydrogen (secondary N) is 1. The maximum atomic E-state index is 11.1. The van der Waals surface area contributed by atoms with Crippen LogP contribution in [0, 0.1) is 18.3 Å². The molecule has 1 heterocycles. The lowest BCUT2D eigenvalue weighted by atomic mass is 9.96. The fourth-order valence-corrected chi connectivity index (χ4v) is 3.26. The van der Waals surface area contributed by atoms with Crippen molar-refractivity contribution in [2.75, 3.05) is 5.32 Å². The van der Waals surface area contributed by atoms with E-state index in [0.717, 1.165) is 23.6 Å². The van der Waals surface area contributed by atoms with Crippen LogP contribution in [0.25, 0.3) is 0 Å². The molecule has 0 spiro atoms. The molecule has 2 aliphatic carbocycles. The Morgan fingerprint density at radius 3 is 2.76 bits per heavy atom. The van der Waals surface area contributed by atoms with Gasteiger partial charge in [-0.1, -0.05) is 13.8 Å². The second-order valence-corrected chi connectivity index (χ2v) is 5.83. The summed E-state index contributed by atoms with van der Waals surface area (Å²) in [4.78, 5) is 11.1. The zero-order valence-electron chi connectivity index (χ0n) is 10.7. The normalized spacial score (nSPS) is 27.3. The first-order valence-electron chi connectivity index (χ1n) is 6.06. The largest absolute Gasteiger partial charge is 0.309 e. The molecule has 1 aromatic rings. The SMILES string of the molecule is CC(=O)Nc1nnc2c(c1C)CC1C2C1(C)C. The maximum Gasteiger partial charge on any atom is 0.222 e. The van der Waals surface area contributed by atoms with Gasteiger partial charge in [0.2, 0.25) is 5.91 Å². The van der Waals surface area contributed by atoms with Crippen LogP contribution in [0.1, 0.15) is 43.5 Å². The van der Waals surface area contributed by atoms with Gasteiger partial charge in [-0.05, 0) is 35.8 Å². The molecule has 1 N–H and O–H groups in total. The van der Waals surface area contributed by atoms with Crippen molar-refractivity contribution in [3.8, 4) is 0 Å². The zero-order valence-corrected chi connectivity index (χ0v) is 10.7. The number of fused-ring (bicyclic) bond motifs is 3. The van der Waals surface area contributed by atoms with E-state index in [9.17, 15) is 4.79 Å². The topological polar surface area (TPSA) is 54.9 Å². The van der Waals surface area contributed by atoms with Crippen LogP contribution in [-0.4, -0.2) is 16.1 Å². The standard InChI is InChI=1S/C13H17N3O/c1-6-8-5-9-10(13(9,3)4)11(8)15-16-12(6)14-7(2)17/h9-10H,5H2,1-4H3,(H,14,16,17). The highest BCUT2D eigenvalue weighted by Crippen LogP contribution is 2.69. The molecule has 17 heavy (non-hydrogen) atoms. The average molecular weight is 231 g/mol. The summed E-state index contributed by atoms with van der Waals surface area (Å²) in [5.74, 6) is 1.83. The Bertz CT molecular complexity index is 522. The Balaban J connectivity index is 2.00. The zero-order chi connectivity index (χ0) is 12.4. The van der Waals surface area contributed by atoms with Gasteiger partial charge < -0.3 is 5.32 Å². The number of hydrogen-bond donors (Lipinski definition) is 1. The van der Waals surface area contributed by atoms with Crippen LogP contribution in [0.2, 0.25) is 0 Å². The van der Waals surface area contributed by atoms with Crippen molar-refractivity contribution in [1.82, 2.24) is 10.2 Å². The van der Waals surface area contributed by atoms with E-state index in [4.69, 9.17) is 0 Å². The van der Waals surface area contributed by atoms with Crippen molar-refractivity contribution in [1.29, 1.82) is 0 Å². The molecule has 1 saturated carbocycles. The lowest BCUT2D eigenvalue weighted by Gasteiger charge is -2.14. The molecule has 0 aliphatic heterocycles. The van der Waals surface area contributed by atoms with Crippen LogP contribution in [0.15, 0.2) is 0 Å². The number of nitrogens with zero attached hydrogens (tertiary/aromatic N) is 2. The van der Waals surface area contributed by atoms with E-state index >= 15 is 0 Å². The Kier molecular flexibility index (Phi) is 1.92. The minimum absolute atomic E-state index is 0.0918. The Morgan fingerprint density at radius 2 is 2.12 bits per heavy atom. The number of carbonyl (C=O) groups excluding carboxylic acids is 1. The molecule has 2 unspecified atom stereocenters. The molecule has 0 saturated heterocycles. The number of amides is 1. The molecule has 2 atom stereocenters. The van der Waals surface area contributed by atoms with E-state index in [1.54, 1.807) is 0 Å². The number of rotatable bonds is 1. The molecule has 1 aromatic heterocycles.